The lowest BCUT2D eigenvalue weighted by Crippen LogP contribution is -2.35. The predicted octanol–water partition coefficient (Wildman–Crippen LogP) is 1.22. The Morgan fingerprint density at radius 1 is 1.00 bits per heavy atom. The molecular weight excluding hydrogens is 430 g/mol. The van der Waals surface area contributed by atoms with E-state index in [2.05, 4.69) is 10.2 Å². The zero-order valence-corrected chi connectivity index (χ0v) is 18.0. The van der Waals surface area contributed by atoms with Crippen molar-refractivity contribution >= 4 is 40.3 Å². The summed E-state index contributed by atoms with van der Waals surface area (Å²) in [5, 5.41) is 3.66. The summed E-state index contributed by atoms with van der Waals surface area (Å²) in [6.45, 7) is 1.87. The number of nitrogens with one attached hydrogen (secondary N) is 1. The average Bonchev–Trinajstić information content (AvgIpc) is 3.11. The van der Waals surface area contributed by atoms with Crippen molar-refractivity contribution in [2.75, 3.05) is 24.5 Å². The second-order valence-corrected chi connectivity index (χ2v) is 8.47. The quantitative estimate of drug-likeness (QED) is 0.529. The Bertz CT molecular complexity index is 1230. The fourth-order valence-corrected chi connectivity index (χ4v) is 4.78. The number of anilines is 1. The number of fused-ring (bicyclic) bond motifs is 2. The van der Waals surface area contributed by atoms with Crippen LogP contribution in [0.3, 0.4) is 0 Å². The van der Waals surface area contributed by atoms with Gasteiger partial charge in [0.2, 0.25) is 0 Å². The van der Waals surface area contributed by atoms with Gasteiger partial charge in [-0.2, -0.15) is 0 Å². The maximum atomic E-state index is 12.6. The number of aryl methyl sites for hydroxylation is 2. The molecule has 0 saturated carbocycles. The van der Waals surface area contributed by atoms with E-state index in [9.17, 15) is 24.0 Å². The highest BCUT2D eigenvalue weighted by Crippen LogP contribution is 2.39. The van der Waals surface area contributed by atoms with E-state index >= 15 is 0 Å². The second-order valence-electron chi connectivity index (χ2n) is 8.47. The maximum Gasteiger partial charge on any atom is 0.349 e. The number of amides is 3. The molecular formula is C23H23N3O7. The molecule has 3 aliphatic heterocycles. The van der Waals surface area contributed by atoms with E-state index in [1.165, 1.54) is 11.3 Å². The van der Waals surface area contributed by atoms with Crippen molar-refractivity contribution in [3.05, 3.63) is 39.2 Å². The summed E-state index contributed by atoms with van der Waals surface area (Å²) in [5.74, 6) is -2.65. The normalized spacial score (nSPS) is 17.3. The number of hydroxylamine groups is 2. The number of carbonyl (C=O) groups is 4. The molecule has 10 nitrogen and oxygen atoms in total. The summed E-state index contributed by atoms with van der Waals surface area (Å²) < 4.78 is 5.61. The van der Waals surface area contributed by atoms with Crippen molar-refractivity contribution in [2.45, 2.75) is 44.9 Å². The van der Waals surface area contributed by atoms with Crippen LogP contribution in [-0.4, -0.2) is 48.4 Å². The minimum atomic E-state index is -0.834. The third-order valence-corrected chi connectivity index (χ3v) is 6.27. The number of imide groups is 1. The van der Waals surface area contributed by atoms with Crippen molar-refractivity contribution in [1.82, 2.24) is 10.4 Å². The molecule has 1 fully saturated rings. The minimum absolute atomic E-state index is 0.00351. The summed E-state index contributed by atoms with van der Waals surface area (Å²) in [4.78, 5) is 67.2. The molecule has 0 spiro atoms. The lowest BCUT2D eigenvalue weighted by molar-refractivity contribution is -0.197. The third kappa shape index (κ3) is 3.85. The Morgan fingerprint density at radius 2 is 1.73 bits per heavy atom. The molecule has 5 rings (SSSR count). The summed E-state index contributed by atoms with van der Waals surface area (Å²) in [7, 11) is 0. The summed E-state index contributed by atoms with van der Waals surface area (Å²) in [6, 6.07) is 3.54. The van der Waals surface area contributed by atoms with E-state index in [-0.39, 0.29) is 31.4 Å². The van der Waals surface area contributed by atoms with Crippen LogP contribution in [0.2, 0.25) is 0 Å². The molecule has 1 aromatic carbocycles. The van der Waals surface area contributed by atoms with Gasteiger partial charge in [0.15, 0.2) is 0 Å². The first-order valence-electron chi connectivity index (χ1n) is 11.1. The zero-order valence-electron chi connectivity index (χ0n) is 18.0. The fourth-order valence-electron chi connectivity index (χ4n) is 4.78. The highest BCUT2D eigenvalue weighted by molar-refractivity contribution is 6.01. The average molecular weight is 453 g/mol. The van der Waals surface area contributed by atoms with Crippen LogP contribution in [0.5, 0.6) is 0 Å². The predicted molar refractivity (Wildman–Crippen MR) is 115 cm³/mol. The van der Waals surface area contributed by atoms with Gasteiger partial charge in [-0.25, -0.2) is 9.59 Å². The van der Waals surface area contributed by atoms with Gasteiger partial charge in [0, 0.05) is 49.1 Å². The number of rotatable bonds is 5. The topological polar surface area (TPSA) is 126 Å². The standard InChI is InChI=1S/C23H23N3O7/c27-17-5-6-18(28)26(17)33-19(29)7-8-24-22(30)16-12-14-11-13-3-1-9-25-10-2-4-15(20(13)25)21(14)32-23(16)31/h11-12H,1-10H2,(H,24,30). The molecule has 1 saturated heterocycles. The van der Waals surface area contributed by atoms with Gasteiger partial charge in [0.05, 0.1) is 6.42 Å². The fraction of sp³-hybridized carbons (Fsp3) is 0.435. The van der Waals surface area contributed by atoms with Crippen LogP contribution in [-0.2, 0) is 32.1 Å². The molecule has 33 heavy (non-hydrogen) atoms. The van der Waals surface area contributed by atoms with Gasteiger partial charge in [-0.05, 0) is 43.4 Å². The number of hydrogen-bond donors (Lipinski definition) is 1. The first-order chi connectivity index (χ1) is 15.9. The van der Waals surface area contributed by atoms with Crippen molar-refractivity contribution in [3.8, 4) is 0 Å². The zero-order chi connectivity index (χ0) is 23.1. The van der Waals surface area contributed by atoms with Crippen molar-refractivity contribution in [3.63, 3.8) is 0 Å². The molecule has 0 radical (unpaired) electrons. The van der Waals surface area contributed by atoms with Crippen molar-refractivity contribution in [1.29, 1.82) is 0 Å². The summed E-state index contributed by atoms with van der Waals surface area (Å²) in [6.07, 6.45) is 3.56. The van der Waals surface area contributed by atoms with Crippen LogP contribution in [0.15, 0.2) is 21.3 Å². The molecule has 4 heterocycles. The van der Waals surface area contributed by atoms with E-state index in [0.29, 0.717) is 16.0 Å². The molecule has 1 aromatic heterocycles. The Labute approximate surface area is 188 Å². The molecule has 10 heteroatoms. The Kier molecular flexibility index (Phi) is 5.35. The van der Waals surface area contributed by atoms with Crippen LogP contribution in [0, 0.1) is 0 Å². The van der Waals surface area contributed by atoms with Gasteiger partial charge >= 0.3 is 11.6 Å². The van der Waals surface area contributed by atoms with Crippen molar-refractivity contribution in [2.24, 2.45) is 0 Å². The van der Waals surface area contributed by atoms with E-state index in [4.69, 9.17) is 9.25 Å². The van der Waals surface area contributed by atoms with Gasteiger partial charge in [-0.1, -0.05) is 0 Å². The monoisotopic (exact) mass is 453 g/mol. The molecule has 0 aliphatic carbocycles. The van der Waals surface area contributed by atoms with Gasteiger partial charge < -0.3 is 19.5 Å². The maximum absolute atomic E-state index is 12.6. The second kappa shape index (κ2) is 8.34. The van der Waals surface area contributed by atoms with Gasteiger partial charge in [-0.15, -0.1) is 5.06 Å². The van der Waals surface area contributed by atoms with Gasteiger partial charge in [0.25, 0.3) is 17.7 Å². The lowest BCUT2D eigenvalue weighted by atomic mass is 9.90. The molecule has 0 atom stereocenters. The van der Waals surface area contributed by atoms with Crippen molar-refractivity contribution < 1.29 is 28.4 Å². The van der Waals surface area contributed by atoms with Gasteiger partial charge in [0.1, 0.15) is 11.1 Å². The van der Waals surface area contributed by atoms with E-state index in [1.807, 2.05) is 6.07 Å². The highest BCUT2D eigenvalue weighted by Gasteiger charge is 2.33. The largest absolute Gasteiger partial charge is 0.422 e. The Balaban J connectivity index is 1.30. The number of carbonyl (C=O) groups excluding carboxylic acids is 4. The molecule has 2 aromatic rings. The lowest BCUT2D eigenvalue weighted by Gasteiger charge is -2.37. The molecule has 1 N–H and O–H groups in total. The Morgan fingerprint density at radius 3 is 2.48 bits per heavy atom. The smallest absolute Gasteiger partial charge is 0.349 e. The highest BCUT2D eigenvalue weighted by atomic mass is 16.7. The van der Waals surface area contributed by atoms with Gasteiger partial charge in [-0.3, -0.25) is 14.4 Å². The molecule has 0 bridgehead atoms. The van der Waals surface area contributed by atoms with Crippen LogP contribution >= 0.6 is 0 Å². The summed E-state index contributed by atoms with van der Waals surface area (Å²) in [5.41, 5.74) is 3.07. The first-order valence-corrected chi connectivity index (χ1v) is 11.1. The van der Waals surface area contributed by atoms with Crippen LogP contribution in [0.25, 0.3) is 11.0 Å². The number of nitrogens with zero attached hydrogens (tertiary/aromatic N) is 2. The summed E-state index contributed by atoms with van der Waals surface area (Å²) >= 11 is 0. The Hall–Kier alpha value is -3.69. The SMILES string of the molecule is O=C(CCNC(=O)c1cc2cc3c4c(c2oc1=O)CCCN4CCC3)ON1C(=O)CCC1=O. The van der Waals surface area contributed by atoms with E-state index in [1.54, 1.807) is 6.07 Å². The third-order valence-electron chi connectivity index (χ3n) is 6.27. The van der Waals surface area contributed by atoms with Crippen LogP contribution in [0.1, 0.15) is 53.6 Å². The molecule has 3 amide bonds. The molecule has 172 valence electrons. The molecule has 0 unspecified atom stereocenters. The van der Waals surface area contributed by atoms with Crippen LogP contribution in [0.4, 0.5) is 5.69 Å². The van der Waals surface area contributed by atoms with E-state index in [0.717, 1.165) is 44.3 Å². The van der Waals surface area contributed by atoms with Crippen LogP contribution < -0.4 is 15.8 Å². The molecule has 3 aliphatic rings. The number of benzene rings is 1. The minimum Gasteiger partial charge on any atom is -0.422 e. The first kappa shape index (κ1) is 21.2. The number of hydrogen-bond acceptors (Lipinski definition) is 8. The van der Waals surface area contributed by atoms with E-state index < -0.39 is 29.3 Å².